The number of amides is 1. The van der Waals surface area contributed by atoms with E-state index in [1.165, 1.54) is 0 Å². The van der Waals surface area contributed by atoms with Gasteiger partial charge in [0.05, 0.1) is 40.3 Å². The van der Waals surface area contributed by atoms with Crippen LogP contribution in [-0.4, -0.2) is 29.8 Å². The van der Waals surface area contributed by atoms with Crippen molar-refractivity contribution in [3.63, 3.8) is 0 Å². The summed E-state index contributed by atoms with van der Waals surface area (Å²) in [6.07, 6.45) is 3.89. The van der Waals surface area contributed by atoms with Crippen LogP contribution in [-0.2, 0) is 17.4 Å². The Morgan fingerprint density at radius 2 is 2.07 bits per heavy atom. The summed E-state index contributed by atoms with van der Waals surface area (Å²) in [6, 6.07) is 5.76. The van der Waals surface area contributed by atoms with E-state index in [0.29, 0.717) is 23.3 Å². The molecule has 0 saturated heterocycles. The molecular formula is C20H21BrN6O2. The number of benzene rings is 1. The molecule has 8 nitrogen and oxygen atoms in total. The number of pyridine rings is 1. The number of halogens is 1. The summed E-state index contributed by atoms with van der Waals surface area (Å²) in [7, 11) is 1.71. The third kappa shape index (κ3) is 2.71. The summed E-state index contributed by atoms with van der Waals surface area (Å²) in [5.74, 6) is -0.474. The predicted octanol–water partition coefficient (Wildman–Crippen LogP) is 2.76. The van der Waals surface area contributed by atoms with Crippen LogP contribution in [0.1, 0.15) is 26.0 Å². The molecule has 1 aromatic carbocycles. The first-order chi connectivity index (χ1) is 13.7. The van der Waals surface area contributed by atoms with Crippen LogP contribution in [0.4, 0.5) is 0 Å². The van der Waals surface area contributed by atoms with Crippen LogP contribution in [0, 0.1) is 6.92 Å². The summed E-state index contributed by atoms with van der Waals surface area (Å²) in [5, 5.41) is 5.37. The molecule has 4 rings (SSSR count). The first-order valence-corrected chi connectivity index (χ1v) is 10.0. The summed E-state index contributed by atoms with van der Waals surface area (Å²) < 4.78 is 5.64. The first-order valence-electron chi connectivity index (χ1n) is 9.21. The third-order valence-corrected chi connectivity index (χ3v) is 6.18. The maximum absolute atomic E-state index is 13.2. The molecule has 2 N–H and O–H groups in total. The van der Waals surface area contributed by atoms with Gasteiger partial charge >= 0.3 is 5.69 Å². The topological polar surface area (TPSA) is 101 Å². The van der Waals surface area contributed by atoms with Gasteiger partial charge in [-0.3, -0.25) is 23.6 Å². The maximum atomic E-state index is 13.2. The van der Waals surface area contributed by atoms with Gasteiger partial charge in [-0.2, -0.15) is 5.10 Å². The standard InChI is InChI=1S/C20H21BrN6O2/c1-5-20(3,18(22)28)26-10-16(11(2)24-26)27-17-13-8-12(21)6-7-14(13)23-9-15(17)25(4)19(27)29/h6-10H,5H2,1-4H3,(H2,22,28). The SMILES string of the molecule is CCC(C)(C(N)=O)n1cc(-n2c(=O)n(C)c3cnc4ccc(Br)cc4c32)c(C)n1. The molecule has 0 aliphatic rings. The average molecular weight is 457 g/mol. The highest BCUT2D eigenvalue weighted by Crippen LogP contribution is 2.29. The second-order valence-electron chi connectivity index (χ2n) is 7.37. The number of hydrogen-bond acceptors (Lipinski definition) is 4. The molecule has 29 heavy (non-hydrogen) atoms. The fraction of sp³-hybridized carbons (Fsp3) is 0.300. The third-order valence-electron chi connectivity index (χ3n) is 5.68. The minimum Gasteiger partial charge on any atom is -0.368 e. The molecule has 0 fully saturated rings. The quantitative estimate of drug-likeness (QED) is 0.509. The Morgan fingerprint density at radius 3 is 2.72 bits per heavy atom. The van der Waals surface area contributed by atoms with Gasteiger partial charge in [0.15, 0.2) is 0 Å². The van der Waals surface area contributed by atoms with Gasteiger partial charge in [0.2, 0.25) is 5.91 Å². The lowest BCUT2D eigenvalue weighted by Crippen LogP contribution is -2.43. The first kappa shape index (κ1) is 19.4. The van der Waals surface area contributed by atoms with E-state index in [4.69, 9.17) is 5.73 Å². The van der Waals surface area contributed by atoms with Gasteiger partial charge in [0, 0.05) is 16.9 Å². The fourth-order valence-corrected chi connectivity index (χ4v) is 3.93. The highest BCUT2D eigenvalue weighted by atomic mass is 79.9. The van der Waals surface area contributed by atoms with Gasteiger partial charge < -0.3 is 5.73 Å². The van der Waals surface area contributed by atoms with Crippen molar-refractivity contribution in [3.8, 4) is 5.69 Å². The summed E-state index contributed by atoms with van der Waals surface area (Å²) in [5.41, 5.74) is 7.90. The van der Waals surface area contributed by atoms with Gasteiger partial charge in [-0.05, 0) is 38.5 Å². The van der Waals surface area contributed by atoms with E-state index in [0.717, 1.165) is 20.9 Å². The Morgan fingerprint density at radius 1 is 1.34 bits per heavy atom. The maximum Gasteiger partial charge on any atom is 0.333 e. The predicted molar refractivity (Wildman–Crippen MR) is 115 cm³/mol. The molecule has 0 bridgehead atoms. The normalized spacial score (nSPS) is 13.8. The van der Waals surface area contributed by atoms with Crippen molar-refractivity contribution in [1.29, 1.82) is 0 Å². The molecule has 4 aromatic rings. The minimum atomic E-state index is -0.982. The van der Waals surface area contributed by atoms with Crippen molar-refractivity contribution >= 4 is 43.8 Å². The molecule has 1 amide bonds. The van der Waals surface area contributed by atoms with Gasteiger partial charge in [0.25, 0.3) is 0 Å². The molecule has 9 heteroatoms. The molecule has 0 saturated carbocycles. The minimum absolute atomic E-state index is 0.214. The second-order valence-corrected chi connectivity index (χ2v) is 8.28. The number of nitrogens with zero attached hydrogens (tertiary/aromatic N) is 5. The Labute approximate surface area is 175 Å². The number of aryl methyl sites for hydroxylation is 2. The molecule has 1 unspecified atom stereocenters. The zero-order valence-corrected chi connectivity index (χ0v) is 18.2. The van der Waals surface area contributed by atoms with Crippen LogP contribution in [0.3, 0.4) is 0 Å². The number of primary amides is 1. The van der Waals surface area contributed by atoms with Crippen LogP contribution in [0.5, 0.6) is 0 Å². The number of aromatic nitrogens is 5. The Bertz CT molecular complexity index is 1350. The lowest BCUT2D eigenvalue weighted by Gasteiger charge is -2.24. The van der Waals surface area contributed by atoms with Crippen LogP contribution in [0.15, 0.2) is 39.9 Å². The molecule has 0 aliphatic heterocycles. The number of nitrogens with two attached hydrogens (primary N) is 1. The van der Waals surface area contributed by atoms with E-state index in [9.17, 15) is 9.59 Å². The van der Waals surface area contributed by atoms with Crippen molar-refractivity contribution in [2.75, 3.05) is 0 Å². The van der Waals surface area contributed by atoms with E-state index in [1.807, 2.05) is 32.0 Å². The molecule has 0 radical (unpaired) electrons. The summed E-state index contributed by atoms with van der Waals surface area (Å²) in [4.78, 5) is 29.8. The van der Waals surface area contributed by atoms with Crippen molar-refractivity contribution in [2.24, 2.45) is 12.8 Å². The van der Waals surface area contributed by atoms with Crippen LogP contribution in [0.25, 0.3) is 27.6 Å². The second kappa shape index (κ2) is 6.55. The van der Waals surface area contributed by atoms with Crippen LogP contribution >= 0.6 is 15.9 Å². The fourth-order valence-electron chi connectivity index (χ4n) is 3.57. The van der Waals surface area contributed by atoms with Gasteiger partial charge in [-0.15, -0.1) is 0 Å². The average Bonchev–Trinajstić information content (AvgIpc) is 3.19. The van der Waals surface area contributed by atoms with Gasteiger partial charge in [0.1, 0.15) is 5.54 Å². The van der Waals surface area contributed by atoms with Crippen molar-refractivity contribution in [2.45, 2.75) is 32.7 Å². The van der Waals surface area contributed by atoms with Gasteiger partial charge in [-0.1, -0.05) is 22.9 Å². The van der Waals surface area contributed by atoms with E-state index in [1.54, 1.807) is 40.2 Å². The summed E-state index contributed by atoms with van der Waals surface area (Å²) in [6.45, 7) is 5.43. The molecule has 3 heterocycles. The van der Waals surface area contributed by atoms with Crippen molar-refractivity contribution in [3.05, 3.63) is 51.2 Å². The number of fused-ring (bicyclic) bond motifs is 3. The van der Waals surface area contributed by atoms with E-state index < -0.39 is 11.4 Å². The molecule has 3 aromatic heterocycles. The van der Waals surface area contributed by atoms with E-state index in [2.05, 4.69) is 26.0 Å². The summed E-state index contributed by atoms with van der Waals surface area (Å²) >= 11 is 3.50. The molecule has 0 aliphatic carbocycles. The molecule has 150 valence electrons. The Balaban J connectivity index is 2.10. The van der Waals surface area contributed by atoms with Crippen LogP contribution < -0.4 is 11.4 Å². The highest BCUT2D eigenvalue weighted by molar-refractivity contribution is 9.10. The molecule has 1 atom stereocenters. The number of hydrogen-bond donors (Lipinski definition) is 1. The Kier molecular flexibility index (Phi) is 4.38. The Hall–Kier alpha value is -2.94. The number of carbonyl (C=O) groups excluding carboxylic acids is 1. The van der Waals surface area contributed by atoms with Crippen molar-refractivity contribution < 1.29 is 4.79 Å². The zero-order valence-electron chi connectivity index (χ0n) is 16.6. The smallest absolute Gasteiger partial charge is 0.333 e. The monoisotopic (exact) mass is 456 g/mol. The van der Waals surface area contributed by atoms with Crippen molar-refractivity contribution in [1.82, 2.24) is 23.9 Å². The number of imidazole rings is 1. The zero-order chi connectivity index (χ0) is 21.1. The van der Waals surface area contributed by atoms with Gasteiger partial charge in [-0.25, -0.2) is 4.79 Å². The lowest BCUT2D eigenvalue weighted by atomic mass is 9.99. The molecular weight excluding hydrogens is 436 g/mol. The highest BCUT2D eigenvalue weighted by Gasteiger charge is 2.33. The molecule has 0 spiro atoms. The van der Waals surface area contributed by atoms with E-state index >= 15 is 0 Å². The van der Waals surface area contributed by atoms with E-state index in [-0.39, 0.29) is 5.69 Å². The number of carbonyl (C=O) groups is 1. The lowest BCUT2D eigenvalue weighted by molar-refractivity contribution is -0.126. The number of rotatable bonds is 4. The van der Waals surface area contributed by atoms with Crippen LogP contribution in [0.2, 0.25) is 0 Å². The largest absolute Gasteiger partial charge is 0.368 e.